The Balaban J connectivity index is 1.60. The average Bonchev–Trinajstić information content (AvgIpc) is 2.59. The third-order valence-corrected chi connectivity index (χ3v) is 3.62. The van der Waals surface area contributed by atoms with Crippen LogP contribution >= 0.6 is 11.6 Å². The molecule has 1 aliphatic rings. The highest BCUT2D eigenvalue weighted by molar-refractivity contribution is 6.32. The van der Waals surface area contributed by atoms with Crippen LogP contribution in [0.1, 0.15) is 12.0 Å². The minimum atomic E-state index is -0.346. The normalized spacial score (nSPS) is 14.7. The summed E-state index contributed by atoms with van der Waals surface area (Å²) in [5.41, 5.74) is 4.19. The van der Waals surface area contributed by atoms with E-state index in [2.05, 4.69) is 10.5 Å². The molecular formula is C17H15ClN2O3. The van der Waals surface area contributed by atoms with Gasteiger partial charge in [-0.05, 0) is 24.3 Å². The van der Waals surface area contributed by atoms with Crippen LogP contribution in [0.3, 0.4) is 0 Å². The molecule has 0 atom stereocenters. The number of para-hydroxylation sites is 2. The lowest BCUT2D eigenvalue weighted by Crippen LogP contribution is -2.27. The lowest BCUT2D eigenvalue weighted by Gasteiger charge is -2.18. The third kappa shape index (κ3) is 3.81. The molecule has 0 bridgehead atoms. The fraction of sp³-hybridized carbons (Fsp3) is 0.176. The maximum absolute atomic E-state index is 11.9. The summed E-state index contributed by atoms with van der Waals surface area (Å²) in [6, 6.07) is 14.6. The predicted octanol–water partition coefficient (Wildman–Crippen LogP) is 3.02. The number of carbonyl (C=O) groups excluding carboxylic acids is 1. The number of fused-ring (bicyclic) bond motifs is 1. The van der Waals surface area contributed by atoms with Crippen molar-refractivity contribution < 1.29 is 14.3 Å². The van der Waals surface area contributed by atoms with E-state index in [1.165, 1.54) is 0 Å². The van der Waals surface area contributed by atoms with Crippen molar-refractivity contribution in [3.05, 3.63) is 59.1 Å². The van der Waals surface area contributed by atoms with E-state index in [0.717, 1.165) is 17.0 Å². The molecule has 0 fully saturated rings. The molecule has 23 heavy (non-hydrogen) atoms. The fourth-order valence-corrected chi connectivity index (χ4v) is 2.40. The number of ether oxygens (including phenoxy) is 2. The predicted molar refractivity (Wildman–Crippen MR) is 88.2 cm³/mol. The first kappa shape index (κ1) is 15.4. The molecule has 0 unspecified atom stereocenters. The van der Waals surface area contributed by atoms with Crippen molar-refractivity contribution in [3.8, 4) is 11.5 Å². The molecule has 1 N–H and O–H groups in total. The van der Waals surface area contributed by atoms with Gasteiger partial charge in [-0.3, -0.25) is 4.79 Å². The Morgan fingerprint density at radius 1 is 1.22 bits per heavy atom. The van der Waals surface area contributed by atoms with E-state index in [0.29, 0.717) is 23.8 Å². The SMILES string of the molecule is O=C(COc1ccccc1Cl)N/N=C1\CCOc2ccccc21. The Labute approximate surface area is 138 Å². The fourth-order valence-electron chi connectivity index (χ4n) is 2.21. The summed E-state index contributed by atoms with van der Waals surface area (Å²) in [6.07, 6.45) is 0.642. The molecule has 5 nitrogen and oxygen atoms in total. The lowest BCUT2D eigenvalue weighted by atomic mass is 10.0. The molecule has 1 heterocycles. The molecule has 0 aromatic heterocycles. The Hall–Kier alpha value is -2.53. The Morgan fingerprint density at radius 3 is 2.87 bits per heavy atom. The van der Waals surface area contributed by atoms with Gasteiger partial charge in [-0.25, -0.2) is 5.43 Å². The van der Waals surface area contributed by atoms with Gasteiger partial charge in [0, 0.05) is 12.0 Å². The first-order valence-electron chi connectivity index (χ1n) is 7.19. The highest BCUT2D eigenvalue weighted by Gasteiger charge is 2.16. The average molecular weight is 331 g/mol. The van der Waals surface area contributed by atoms with Gasteiger partial charge in [0.2, 0.25) is 0 Å². The van der Waals surface area contributed by atoms with E-state index in [-0.39, 0.29) is 12.5 Å². The van der Waals surface area contributed by atoms with Crippen LogP contribution in [0.25, 0.3) is 0 Å². The first-order valence-corrected chi connectivity index (χ1v) is 7.57. The molecule has 0 spiro atoms. The number of hydrogen-bond donors (Lipinski definition) is 1. The summed E-state index contributed by atoms with van der Waals surface area (Å²) in [7, 11) is 0. The smallest absolute Gasteiger partial charge is 0.277 e. The van der Waals surface area contributed by atoms with E-state index in [1.54, 1.807) is 24.3 Å². The number of benzene rings is 2. The quantitative estimate of drug-likeness (QED) is 0.877. The van der Waals surface area contributed by atoms with E-state index in [9.17, 15) is 4.79 Å². The molecule has 118 valence electrons. The van der Waals surface area contributed by atoms with Crippen LogP contribution in [-0.4, -0.2) is 24.8 Å². The zero-order valence-corrected chi connectivity index (χ0v) is 13.0. The summed E-state index contributed by atoms with van der Waals surface area (Å²) in [6.45, 7) is 0.389. The molecule has 0 radical (unpaired) electrons. The monoisotopic (exact) mass is 330 g/mol. The second-order valence-electron chi connectivity index (χ2n) is 4.91. The number of amides is 1. The number of nitrogens with zero attached hydrogens (tertiary/aromatic N) is 1. The lowest BCUT2D eigenvalue weighted by molar-refractivity contribution is -0.123. The van der Waals surface area contributed by atoms with Crippen LogP contribution in [-0.2, 0) is 4.79 Å². The standard InChI is InChI=1S/C17H15ClN2O3/c18-13-6-2-4-8-16(13)23-11-17(21)20-19-14-9-10-22-15-7-3-1-5-12(14)15/h1-8H,9-11H2,(H,20,21)/b19-14+. The highest BCUT2D eigenvalue weighted by Crippen LogP contribution is 2.24. The number of hydrogen-bond acceptors (Lipinski definition) is 4. The summed E-state index contributed by atoms with van der Waals surface area (Å²) in [5.74, 6) is 0.897. The van der Waals surface area contributed by atoms with Gasteiger partial charge in [-0.15, -0.1) is 0 Å². The van der Waals surface area contributed by atoms with Crippen molar-refractivity contribution in [2.45, 2.75) is 6.42 Å². The van der Waals surface area contributed by atoms with Gasteiger partial charge in [0.1, 0.15) is 11.5 Å². The molecule has 2 aromatic carbocycles. The van der Waals surface area contributed by atoms with Crippen LogP contribution in [0.4, 0.5) is 0 Å². The van der Waals surface area contributed by atoms with Gasteiger partial charge in [0.05, 0.1) is 17.3 Å². The number of carbonyl (C=O) groups is 1. The van der Waals surface area contributed by atoms with Gasteiger partial charge in [-0.2, -0.15) is 5.10 Å². The van der Waals surface area contributed by atoms with Crippen molar-refractivity contribution in [2.75, 3.05) is 13.2 Å². The van der Waals surface area contributed by atoms with Crippen LogP contribution < -0.4 is 14.9 Å². The van der Waals surface area contributed by atoms with Crippen molar-refractivity contribution >= 4 is 23.2 Å². The minimum absolute atomic E-state index is 0.154. The number of hydrazone groups is 1. The molecule has 0 aliphatic carbocycles. The highest BCUT2D eigenvalue weighted by atomic mass is 35.5. The molecule has 0 saturated carbocycles. The summed E-state index contributed by atoms with van der Waals surface area (Å²) < 4.78 is 10.9. The van der Waals surface area contributed by atoms with Gasteiger partial charge in [0.25, 0.3) is 5.91 Å². The molecular weight excluding hydrogens is 316 g/mol. The zero-order chi connectivity index (χ0) is 16.1. The zero-order valence-electron chi connectivity index (χ0n) is 12.3. The van der Waals surface area contributed by atoms with Gasteiger partial charge in [0.15, 0.2) is 6.61 Å². The number of halogens is 1. The second kappa shape index (κ2) is 7.15. The number of rotatable bonds is 4. The van der Waals surface area contributed by atoms with Crippen molar-refractivity contribution in [2.24, 2.45) is 5.10 Å². The van der Waals surface area contributed by atoms with Crippen molar-refractivity contribution in [3.63, 3.8) is 0 Å². The maximum Gasteiger partial charge on any atom is 0.277 e. The first-order chi connectivity index (χ1) is 11.2. The molecule has 0 saturated heterocycles. The van der Waals surface area contributed by atoms with E-state index < -0.39 is 0 Å². The van der Waals surface area contributed by atoms with E-state index >= 15 is 0 Å². The summed E-state index contributed by atoms with van der Waals surface area (Å²) >= 11 is 5.96. The van der Waals surface area contributed by atoms with Gasteiger partial charge in [-0.1, -0.05) is 35.9 Å². The summed E-state index contributed by atoms with van der Waals surface area (Å²) in [5, 5.41) is 4.65. The van der Waals surface area contributed by atoms with Crippen LogP contribution in [0.15, 0.2) is 53.6 Å². The van der Waals surface area contributed by atoms with Crippen molar-refractivity contribution in [1.82, 2.24) is 5.43 Å². The molecule has 2 aromatic rings. The molecule has 1 aliphatic heterocycles. The van der Waals surface area contributed by atoms with E-state index in [1.807, 2.05) is 24.3 Å². The van der Waals surface area contributed by atoms with Crippen molar-refractivity contribution in [1.29, 1.82) is 0 Å². The summed E-state index contributed by atoms with van der Waals surface area (Å²) in [4.78, 5) is 11.9. The van der Waals surface area contributed by atoms with Crippen LogP contribution in [0.5, 0.6) is 11.5 Å². The van der Waals surface area contributed by atoms with Crippen LogP contribution in [0, 0.1) is 0 Å². The molecule has 1 amide bonds. The third-order valence-electron chi connectivity index (χ3n) is 3.31. The maximum atomic E-state index is 11.9. The van der Waals surface area contributed by atoms with Gasteiger partial charge < -0.3 is 9.47 Å². The van der Waals surface area contributed by atoms with Gasteiger partial charge >= 0.3 is 0 Å². The topological polar surface area (TPSA) is 59.9 Å². The minimum Gasteiger partial charge on any atom is -0.492 e. The molecule has 3 rings (SSSR count). The molecule has 6 heteroatoms. The Kier molecular flexibility index (Phi) is 4.78. The number of nitrogens with one attached hydrogen (secondary N) is 1. The Bertz CT molecular complexity index is 746. The Morgan fingerprint density at radius 2 is 2.00 bits per heavy atom. The second-order valence-corrected chi connectivity index (χ2v) is 5.31. The van der Waals surface area contributed by atoms with Crippen LogP contribution in [0.2, 0.25) is 5.02 Å². The van der Waals surface area contributed by atoms with E-state index in [4.69, 9.17) is 21.1 Å². The largest absolute Gasteiger partial charge is 0.492 e.